The van der Waals surface area contributed by atoms with Gasteiger partial charge in [-0.1, -0.05) is 42.1 Å². The Kier molecular flexibility index (Phi) is 5.09. The second-order valence-electron chi connectivity index (χ2n) is 6.95. The van der Waals surface area contributed by atoms with E-state index >= 15 is 0 Å². The second-order valence-corrected chi connectivity index (χ2v) is 7.89. The average molecular weight is 428 g/mol. The average Bonchev–Trinajstić information content (AvgIpc) is 3.28. The largest absolute Gasteiger partial charge is 0.268 e. The van der Waals surface area contributed by atoms with Crippen LogP contribution >= 0.6 is 11.8 Å². The van der Waals surface area contributed by atoms with Gasteiger partial charge in [0, 0.05) is 17.5 Å². The Hall–Kier alpha value is -3.71. The summed E-state index contributed by atoms with van der Waals surface area (Å²) in [6.45, 7) is 0. The number of halogens is 1. The summed E-state index contributed by atoms with van der Waals surface area (Å²) in [4.78, 5) is 18.0. The number of hydrogen-bond acceptors (Lipinski definition) is 4. The molecule has 3 aromatic carbocycles. The van der Waals surface area contributed by atoms with Gasteiger partial charge in [-0.05, 0) is 48.5 Å². The van der Waals surface area contributed by atoms with Gasteiger partial charge in [-0.25, -0.2) is 14.1 Å². The molecule has 0 N–H and O–H groups in total. The predicted molar refractivity (Wildman–Crippen MR) is 120 cm³/mol. The highest BCUT2D eigenvalue weighted by Crippen LogP contribution is 2.25. The molecule has 0 saturated carbocycles. The van der Waals surface area contributed by atoms with Crippen molar-refractivity contribution in [2.24, 2.45) is 0 Å². The van der Waals surface area contributed by atoms with Crippen molar-refractivity contribution in [2.75, 3.05) is 0 Å². The van der Waals surface area contributed by atoms with Crippen molar-refractivity contribution in [1.29, 1.82) is 0 Å². The van der Waals surface area contributed by atoms with E-state index in [0.29, 0.717) is 27.5 Å². The van der Waals surface area contributed by atoms with Crippen molar-refractivity contribution in [3.05, 3.63) is 113 Å². The molecule has 2 aromatic heterocycles. The van der Waals surface area contributed by atoms with E-state index in [1.54, 1.807) is 24.4 Å². The standard InChI is InChI=1S/C24H17FN4OS/c25-18-10-12-20(13-11-18)29-23(30)21-8-4-5-9-22(21)27-24(29)31-16-17-14-26-28(15-17)19-6-2-1-3-7-19/h1-15H,16H2. The molecule has 0 bridgehead atoms. The Morgan fingerprint density at radius 3 is 2.42 bits per heavy atom. The summed E-state index contributed by atoms with van der Waals surface area (Å²) in [5, 5.41) is 5.49. The summed E-state index contributed by atoms with van der Waals surface area (Å²) >= 11 is 1.44. The van der Waals surface area contributed by atoms with Crippen LogP contribution in [0.3, 0.4) is 0 Å². The molecule has 152 valence electrons. The Morgan fingerprint density at radius 2 is 1.61 bits per heavy atom. The number of hydrogen-bond donors (Lipinski definition) is 0. The van der Waals surface area contributed by atoms with Crippen LogP contribution in [-0.4, -0.2) is 19.3 Å². The third-order valence-electron chi connectivity index (χ3n) is 4.85. The summed E-state index contributed by atoms with van der Waals surface area (Å²) in [6, 6.07) is 23.0. The van der Waals surface area contributed by atoms with Gasteiger partial charge in [-0.15, -0.1) is 0 Å². The van der Waals surface area contributed by atoms with Crippen molar-refractivity contribution in [2.45, 2.75) is 10.9 Å². The normalized spacial score (nSPS) is 11.1. The number of rotatable bonds is 5. The van der Waals surface area contributed by atoms with Gasteiger partial charge < -0.3 is 0 Å². The number of para-hydroxylation sites is 2. The minimum Gasteiger partial charge on any atom is -0.268 e. The fourth-order valence-corrected chi connectivity index (χ4v) is 4.26. The lowest BCUT2D eigenvalue weighted by atomic mass is 10.2. The van der Waals surface area contributed by atoms with E-state index in [9.17, 15) is 9.18 Å². The van der Waals surface area contributed by atoms with E-state index in [1.807, 2.05) is 59.4 Å². The van der Waals surface area contributed by atoms with Crippen molar-refractivity contribution < 1.29 is 4.39 Å². The minimum absolute atomic E-state index is 0.181. The second kappa shape index (κ2) is 8.20. The first-order valence-electron chi connectivity index (χ1n) is 9.68. The Balaban J connectivity index is 1.52. The molecule has 5 rings (SSSR count). The van der Waals surface area contributed by atoms with E-state index in [4.69, 9.17) is 4.98 Å². The topological polar surface area (TPSA) is 52.7 Å². The van der Waals surface area contributed by atoms with E-state index in [-0.39, 0.29) is 11.4 Å². The van der Waals surface area contributed by atoms with Crippen LogP contribution in [0.25, 0.3) is 22.3 Å². The molecule has 0 fully saturated rings. The van der Waals surface area contributed by atoms with Gasteiger partial charge in [0.2, 0.25) is 0 Å². The Morgan fingerprint density at radius 1 is 0.871 bits per heavy atom. The minimum atomic E-state index is -0.354. The van der Waals surface area contributed by atoms with Crippen LogP contribution in [-0.2, 0) is 5.75 Å². The number of nitrogens with zero attached hydrogens (tertiary/aromatic N) is 4. The summed E-state index contributed by atoms with van der Waals surface area (Å²) < 4.78 is 16.8. The highest BCUT2D eigenvalue weighted by molar-refractivity contribution is 7.98. The maximum atomic E-state index is 13.5. The van der Waals surface area contributed by atoms with E-state index < -0.39 is 0 Å². The highest BCUT2D eigenvalue weighted by Gasteiger charge is 2.14. The van der Waals surface area contributed by atoms with Crippen LogP contribution in [0.2, 0.25) is 0 Å². The molecule has 7 heteroatoms. The molecular formula is C24H17FN4OS. The quantitative estimate of drug-likeness (QED) is 0.292. The molecule has 0 saturated heterocycles. The molecule has 0 amide bonds. The van der Waals surface area contributed by atoms with Crippen LogP contribution < -0.4 is 5.56 Å². The first-order chi connectivity index (χ1) is 15.2. The number of benzene rings is 3. The highest BCUT2D eigenvalue weighted by atomic mass is 32.2. The predicted octanol–water partition coefficient (Wildman–Crippen LogP) is 5.00. The molecule has 0 aliphatic rings. The first kappa shape index (κ1) is 19.3. The molecule has 5 nitrogen and oxygen atoms in total. The zero-order chi connectivity index (χ0) is 21.2. The molecule has 0 aliphatic heterocycles. The smallest absolute Gasteiger partial charge is 0.266 e. The van der Waals surface area contributed by atoms with Crippen LogP contribution in [0.4, 0.5) is 4.39 Å². The van der Waals surface area contributed by atoms with Crippen LogP contribution in [0, 0.1) is 5.82 Å². The zero-order valence-corrected chi connectivity index (χ0v) is 17.2. The number of thioether (sulfide) groups is 1. The van der Waals surface area contributed by atoms with E-state index in [2.05, 4.69) is 5.10 Å². The molecule has 0 radical (unpaired) electrons. The third kappa shape index (κ3) is 3.87. The first-order valence-corrected chi connectivity index (χ1v) is 10.7. The van der Waals surface area contributed by atoms with E-state index in [1.165, 1.54) is 28.5 Å². The van der Waals surface area contributed by atoms with Gasteiger partial charge in [0.05, 0.1) is 28.5 Å². The molecular weight excluding hydrogens is 411 g/mol. The van der Waals surface area contributed by atoms with Crippen molar-refractivity contribution in [1.82, 2.24) is 19.3 Å². The summed E-state index contributed by atoms with van der Waals surface area (Å²) in [7, 11) is 0. The van der Waals surface area contributed by atoms with Crippen LogP contribution in [0.5, 0.6) is 0 Å². The van der Waals surface area contributed by atoms with Gasteiger partial charge >= 0.3 is 0 Å². The molecule has 2 heterocycles. The number of fused-ring (bicyclic) bond motifs is 1. The van der Waals surface area contributed by atoms with Crippen LogP contribution in [0.1, 0.15) is 5.56 Å². The van der Waals surface area contributed by atoms with Crippen molar-refractivity contribution in [3.63, 3.8) is 0 Å². The van der Waals surface area contributed by atoms with E-state index in [0.717, 1.165) is 11.3 Å². The summed E-state index contributed by atoms with van der Waals surface area (Å²) in [5.74, 6) is 0.229. The third-order valence-corrected chi connectivity index (χ3v) is 5.86. The molecule has 0 aliphatic carbocycles. The van der Waals surface area contributed by atoms with Gasteiger partial charge in [0.1, 0.15) is 5.82 Å². The molecule has 5 aromatic rings. The maximum absolute atomic E-state index is 13.5. The summed E-state index contributed by atoms with van der Waals surface area (Å²) in [5.41, 5.74) is 3.01. The molecule has 0 atom stereocenters. The maximum Gasteiger partial charge on any atom is 0.266 e. The molecule has 31 heavy (non-hydrogen) atoms. The van der Waals surface area contributed by atoms with Gasteiger partial charge in [-0.3, -0.25) is 9.36 Å². The Bertz CT molecular complexity index is 1410. The fraction of sp³-hybridized carbons (Fsp3) is 0.0417. The zero-order valence-electron chi connectivity index (χ0n) is 16.4. The van der Waals surface area contributed by atoms with Gasteiger partial charge in [-0.2, -0.15) is 5.10 Å². The SMILES string of the molecule is O=c1c2ccccc2nc(SCc2cnn(-c3ccccc3)c2)n1-c1ccc(F)cc1. The number of aromatic nitrogens is 4. The monoisotopic (exact) mass is 428 g/mol. The lowest BCUT2D eigenvalue weighted by molar-refractivity contribution is 0.627. The fourth-order valence-electron chi connectivity index (χ4n) is 3.33. The summed E-state index contributed by atoms with van der Waals surface area (Å²) in [6.07, 6.45) is 3.77. The molecule has 0 spiro atoms. The van der Waals surface area contributed by atoms with Gasteiger partial charge in [0.25, 0.3) is 5.56 Å². The lowest BCUT2D eigenvalue weighted by Gasteiger charge is -2.13. The van der Waals surface area contributed by atoms with Crippen LogP contribution in [0.15, 0.2) is 101 Å². The Labute approximate surface area is 181 Å². The lowest BCUT2D eigenvalue weighted by Crippen LogP contribution is -2.21. The van der Waals surface area contributed by atoms with Crippen molar-refractivity contribution in [3.8, 4) is 11.4 Å². The molecule has 0 unspecified atom stereocenters. The van der Waals surface area contributed by atoms with Crippen molar-refractivity contribution >= 4 is 22.7 Å². The van der Waals surface area contributed by atoms with Gasteiger partial charge in [0.15, 0.2) is 5.16 Å².